The highest BCUT2D eigenvalue weighted by Crippen LogP contribution is 2.35. The zero-order valence-electron chi connectivity index (χ0n) is 10.9. The van der Waals surface area contributed by atoms with Crippen LogP contribution in [0.15, 0.2) is 51.9 Å². The van der Waals surface area contributed by atoms with Crippen LogP contribution in [0.2, 0.25) is 5.02 Å². The first-order chi connectivity index (χ1) is 10.1. The quantitative estimate of drug-likeness (QED) is 0.866. The smallest absolute Gasteiger partial charge is 0.196 e. The Morgan fingerprint density at radius 1 is 1.29 bits per heavy atom. The molecule has 2 aromatic rings. The zero-order valence-corrected chi connectivity index (χ0v) is 13.3. The third kappa shape index (κ3) is 2.76. The van der Waals surface area contributed by atoms with Crippen LogP contribution in [0.25, 0.3) is 0 Å². The van der Waals surface area contributed by atoms with Crippen LogP contribution in [0, 0.1) is 5.82 Å². The molecule has 3 rings (SSSR count). The van der Waals surface area contributed by atoms with Crippen molar-refractivity contribution in [3.8, 4) is 0 Å². The number of nitrogens with zero attached hydrogens (tertiary/aromatic N) is 2. The maximum absolute atomic E-state index is 13.5. The Morgan fingerprint density at radius 3 is 2.81 bits per heavy atom. The summed E-state index contributed by atoms with van der Waals surface area (Å²) < 4.78 is 14.4. The second-order valence-electron chi connectivity index (χ2n) is 4.73. The number of hydrogen-bond acceptors (Lipinski definition) is 3. The van der Waals surface area contributed by atoms with Crippen molar-refractivity contribution in [2.24, 2.45) is 10.7 Å². The van der Waals surface area contributed by atoms with Crippen LogP contribution in [0.4, 0.5) is 10.1 Å². The van der Waals surface area contributed by atoms with E-state index in [1.165, 1.54) is 12.1 Å². The van der Waals surface area contributed by atoms with E-state index in [4.69, 9.17) is 17.3 Å². The lowest BCUT2D eigenvalue weighted by molar-refractivity contribution is 0.626. The van der Waals surface area contributed by atoms with Crippen molar-refractivity contribution >= 4 is 39.2 Å². The van der Waals surface area contributed by atoms with Crippen molar-refractivity contribution in [2.75, 3.05) is 11.4 Å². The number of rotatable bonds is 2. The molecule has 2 N–H and O–H groups in total. The van der Waals surface area contributed by atoms with E-state index in [-0.39, 0.29) is 11.9 Å². The molecule has 0 aliphatic carbocycles. The molecule has 1 atom stereocenters. The number of nitrogens with two attached hydrogens (primary N) is 1. The van der Waals surface area contributed by atoms with E-state index in [2.05, 4.69) is 20.9 Å². The molecule has 108 valence electrons. The van der Waals surface area contributed by atoms with Gasteiger partial charge in [0, 0.05) is 15.2 Å². The molecule has 1 unspecified atom stereocenters. The zero-order chi connectivity index (χ0) is 15.0. The average Bonchev–Trinajstić information content (AvgIpc) is 2.80. The summed E-state index contributed by atoms with van der Waals surface area (Å²) in [7, 11) is 0. The van der Waals surface area contributed by atoms with Gasteiger partial charge in [-0.3, -0.25) is 4.99 Å². The molecule has 1 heterocycles. The van der Waals surface area contributed by atoms with Crippen LogP contribution in [-0.4, -0.2) is 12.5 Å². The Labute approximate surface area is 135 Å². The van der Waals surface area contributed by atoms with Gasteiger partial charge < -0.3 is 10.6 Å². The maximum atomic E-state index is 13.5. The third-order valence-electron chi connectivity index (χ3n) is 3.39. The predicted octanol–water partition coefficient (Wildman–Crippen LogP) is 4.12. The van der Waals surface area contributed by atoms with E-state index in [0.29, 0.717) is 23.2 Å². The highest BCUT2D eigenvalue weighted by Gasteiger charge is 2.30. The standard InChI is InChI=1S/C15H12BrClFN3/c16-13-6-9(17)4-5-12(13)14-8-20-15(19)21(14)11-3-1-2-10(18)7-11/h1-7,14H,8H2,(H2,19,20). The van der Waals surface area contributed by atoms with E-state index in [1.54, 1.807) is 6.07 Å². The van der Waals surface area contributed by atoms with Crippen molar-refractivity contribution in [3.05, 3.63) is 63.3 Å². The number of aliphatic imine (C=N–C) groups is 1. The fraction of sp³-hybridized carbons (Fsp3) is 0.133. The van der Waals surface area contributed by atoms with Gasteiger partial charge in [-0.15, -0.1) is 0 Å². The summed E-state index contributed by atoms with van der Waals surface area (Å²) in [5, 5.41) is 0.648. The monoisotopic (exact) mass is 367 g/mol. The molecule has 0 fully saturated rings. The maximum Gasteiger partial charge on any atom is 0.196 e. The Morgan fingerprint density at radius 2 is 2.10 bits per heavy atom. The summed E-state index contributed by atoms with van der Waals surface area (Å²) in [5.74, 6) is 0.0774. The molecule has 0 saturated heterocycles. The van der Waals surface area contributed by atoms with Crippen LogP contribution in [0.5, 0.6) is 0 Å². The molecule has 3 nitrogen and oxygen atoms in total. The topological polar surface area (TPSA) is 41.6 Å². The first kappa shape index (κ1) is 14.4. The Balaban J connectivity index is 2.03. The van der Waals surface area contributed by atoms with E-state index >= 15 is 0 Å². The Bertz CT molecular complexity index is 720. The number of benzene rings is 2. The van der Waals surface area contributed by atoms with Crippen LogP contribution in [-0.2, 0) is 0 Å². The van der Waals surface area contributed by atoms with Gasteiger partial charge in [-0.05, 0) is 35.9 Å². The lowest BCUT2D eigenvalue weighted by atomic mass is 10.1. The van der Waals surface area contributed by atoms with Crippen LogP contribution < -0.4 is 10.6 Å². The van der Waals surface area contributed by atoms with E-state index in [1.807, 2.05) is 29.2 Å². The molecule has 1 aliphatic rings. The SMILES string of the molecule is NC1=NCC(c2ccc(Cl)cc2Br)N1c1cccc(F)c1. The number of halogens is 3. The van der Waals surface area contributed by atoms with Gasteiger partial charge in [0.25, 0.3) is 0 Å². The fourth-order valence-corrected chi connectivity index (χ4v) is 3.39. The average molecular weight is 369 g/mol. The number of hydrogen-bond donors (Lipinski definition) is 1. The van der Waals surface area contributed by atoms with Gasteiger partial charge in [0.2, 0.25) is 0 Å². The highest BCUT2D eigenvalue weighted by atomic mass is 79.9. The van der Waals surface area contributed by atoms with Gasteiger partial charge in [0.1, 0.15) is 5.82 Å². The van der Waals surface area contributed by atoms with Crippen molar-refractivity contribution in [3.63, 3.8) is 0 Å². The lowest BCUT2D eigenvalue weighted by Crippen LogP contribution is -2.36. The van der Waals surface area contributed by atoms with Crippen molar-refractivity contribution < 1.29 is 4.39 Å². The molecule has 0 radical (unpaired) electrons. The van der Waals surface area contributed by atoms with E-state index in [0.717, 1.165) is 10.0 Å². The molecule has 0 saturated carbocycles. The third-order valence-corrected chi connectivity index (χ3v) is 4.31. The van der Waals surface area contributed by atoms with Crippen LogP contribution >= 0.6 is 27.5 Å². The lowest BCUT2D eigenvalue weighted by Gasteiger charge is -2.27. The second-order valence-corrected chi connectivity index (χ2v) is 6.02. The molecular formula is C15H12BrClFN3. The molecule has 1 aliphatic heterocycles. The van der Waals surface area contributed by atoms with Gasteiger partial charge in [0.05, 0.1) is 12.6 Å². The first-order valence-electron chi connectivity index (χ1n) is 6.36. The van der Waals surface area contributed by atoms with E-state index < -0.39 is 0 Å². The predicted molar refractivity (Wildman–Crippen MR) is 87.3 cm³/mol. The van der Waals surface area contributed by atoms with Gasteiger partial charge in [-0.1, -0.05) is 39.7 Å². The number of anilines is 1. The summed E-state index contributed by atoms with van der Waals surface area (Å²) in [4.78, 5) is 6.12. The molecule has 0 aromatic heterocycles. The van der Waals surface area contributed by atoms with Crippen LogP contribution in [0.3, 0.4) is 0 Å². The largest absolute Gasteiger partial charge is 0.369 e. The minimum Gasteiger partial charge on any atom is -0.369 e. The molecule has 2 aromatic carbocycles. The minimum absolute atomic E-state index is 0.0848. The molecule has 6 heteroatoms. The normalized spacial score (nSPS) is 18.0. The molecule has 21 heavy (non-hydrogen) atoms. The molecule has 0 bridgehead atoms. The van der Waals surface area contributed by atoms with Crippen LogP contribution in [0.1, 0.15) is 11.6 Å². The fourth-order valence-electron chi connectivity index (χ4n) is 2.44. The summed E-state index contributed by atoms with van der Waals surface area (Å²) in [5.41, 5.74) is 7.67. The Hall–Kier alpha value is -1.59. The van der Waals surface area contributed by atoms with Gasteiger partial charge in [-0.25, -0.2) is 4.39 Å². The highest BCUT2D eigenvalue weighted by molar-refractivity contribution is 9.10. The van der Waals surface area contributed by atoms with E-state index in [9.17, 15) is 4.39 Å². The second kappa shape index (κ2) is 5.66. The van der Waals surface area contributed by atoms with Gasteiger partial charge in [-0.2, -0.15) is 0 Å². The van der Waals surface area contributed by atoms with Crippen molar-refractivity contribution in [2.45, 2.75) is 6.04 Å². The van der Waals surface area contributed by atoms with Crippen molar-refractivity contribution in [1.29, 1.82) is 0 Å². The Kier molecular flexibility index (Phi) is 3.87. The van der Waals surface area contributed by atoms with Gasteiger partial charge in [0.15, 0.2) is 5.96 Å². The molecular weight excluding hydrogens is 357 g/mol. The summed E-state index contributed by atoms with van der Waals surface area (Å²) >= 11 is 9.49. The minimum atomic E-state index is -0.305. The molecule has 0 spiro atoms. The van der Waals surface area contributed by atoms with Crippen molar-refractivity contribution in [1.82, 2.24) is 0 Å². The van der Waals surface area contributed by atoms with Gasteiger partial charge >= 0.3 is 0 Å². The summed E-state index contributed by atoms with van der Waals surface area (Å²) in [6, 6.07) is 11.8. The summed E-state index contributed by atoms with van der Waals surface area (Å²) in [6.07, 6.45) is 0. The number of guanidine groups is 1. The molecule has 0 amide bonds. The first-order valence-corrected chi connectivity index (χ1v) is 7.53. The summed E-state index contributed by atoms with van der Waals surface area (Å²) in [6.45, 7) is 0.516.